The molecular formula is C16H21N3O2. The van der Waals surface area contributed by atoms with Gasteiger partial charge in [-0.3, -0.25) is 0 Å². The van der Waals surface area contributed by atoms with Gasteiger partial charge in [0, 0.05) is 23.6 Å². The van der Waals surface area contributed by atoms with Gasteiger partial charge in [-0.05, 0) is 44.1 Å². The first kappa shape index (κ1) is 13.9. The van der Waals surface area contributed by atoms with E-state index in [1.54, 1.807) is 0 Å². The molecule has 1 aliphatic heterocycles. The van der Waals surface area contributed by atoms with E-state index in [0.29, 0.717) is 6.61 Å². The van der Waals surface area contributed by atoms with Gasteiger partial charge in [0.2, 0.25) is 0 Å². The number of hydrogen-bond acceptors (Lipinski definition) is 3. The first-order valence-electron chi connectivity index (χ1n) is 7.29. The number of aromatic amines is 1. The largest absolute Gasteiger partial charge is 0.447 e. The van der Waals surface area contributed by atoms with Crippen LogP contribution in [0.4, 0.5) is 4.79 Å². The Bertz CT molecular complexity index is 648. The molecular weight excluding hydrogens is 266 g/mol. The Kier molecular flexibility index (Phi) is 3.84. The average Bonchev–Trinajstić information content (AvgIpc) is 3.02. The van der Waals surface area contributed by atoms with Crippen LogP contribution in [0.5, 0.6) is 0 Å². The molecule has 1 aliphatic rings. The number of H-pyrrole nitrogens is 1. The van der Waals surface area contributed by atoms with Gasteiger partial charge in [0.25, 0.3) is 0 Å². The highest BCUT2D eigenvalue weighted by Gasteiger charge is 2.22. The number of ether oxygens (including phenoxy) is 1. The van der Waals surface area contributed by atoms with Crippen molar-refractivity contribution in [1.82, 2.24) is 15.2 Å². The Morgan fingerprint density at radius 2 is 2.24 bits per heavy atom. The van der Waals surface area contributed by atoms with Crippen LogP contribution in [-0.4, -0.2) is 49.3 Å². The molecule has 21 heavy (non-hydrogen) atoms. The number of carbonyl (C=O) groups is 1. The molecule has 2 aromatic rings. The molecule has 0 radical (unpaired) electrons. The molecule has 0 saturated carbocycles. The fourth-order valence-corrected chi connectivity index (χ4v) is 2.73. The van der Waals surface area contributed by atoms with Crippen molar-refractivity contribution in [3.63, 3.8) is 0 Å². The second kappa shape index (κ2) is 5.77. The van der Waals surface area contributed by atoms with E-state index < -0.39 is 0 Å². The van der Waals surface area contributed by atoms with Crippen molar-refractivity contribution in [2.45, 2.75) is 18.9 Å². The molecule has 1 amide bonds. The second-order valence-electron chi connectivity index (χ2n) is 5.89. The maximum absolute atomic E-state index is 11.0. The number of carbonyl (C=O) groups excluding carboxylic acids is 1. The van der Waals surface area contributed by atoms with E-state index in [2.05, 4.69) is 53.7 Å². The van der Waals surface area contributed by atoms with Gasteiger partial charge in [-0.2, -0.15) is 0 Å². The molecule has 1 saturated heterocycles. The zero-order valence-corrected chi connectivity index (χ0v) is 12.5. The number of hydrogen-bond donors (Lipinski definition) is 2. The fourth-order valence-electron chi connectivity index (χ4n) is 2.73. The lowest BCUT2D eigenvalue weighted by Crippen LogP contribution is -2.28. The number of fused-ring (bicyclic) bond motifs is 1. The minimum Gasteiger partial charge on any atom is -0.447 e. The highest BCUT2D eigenvalue weighted by atomic mass is 16.6. The van der Waals surface area contributed by atoms with Gasteiger partial charge in [-0.25, -0.2) is 4.79 Å². The molecule has 5 heteroatoms. The van der Waals surface area contributed by atoms with Gasteiger partial charge in [0.1, 0.15) is 6.61 Å². The molecule has 0 spiro atoms. The van der Waals surface area contributed by atoms with Crippen LogP contribution >= 0.6 is 0 Å². The van der Waals surface area contributed by atoms with E-state index in [-0.39, 0.29) is 12.1 Å². The predicted octanol–water partition coefficient (Wildman–Crippen LogP) is 1.92. The van der Waals surface area contributed by atoms with E-state index in [0.717, 1.165) is 24.9 Å². The topological polar surface area (TPSA) is 57.4 Å². The van der Waals surface area contributed by atoms with Gasteiger partial charge in [0.05, 0.1) is 6.04 Å². The van der Waals surface area contributed by atoms with Crippen molar-refractivity contribution >= 4 is 17.0 Å². The highest BCUT2D eigenvalue weighted by Crippen LogP contribution is 2.21. The van der Waals surface area contributed by atoms with Crippen molar-refractivity contribution in [2.75, 3.05) is 27.2 Å². The third kappa shape index (κ3) is 3.19. The van der Waals surface area contributed by atoms with E-state index in [1.165, 1.54) is 16.5 Å². The van der Waals surface area contributed by atoms with Crippen LogP contribution in [0, 0.1) is 0 Å². The fraction of sp³-hybridized carbons (Fsp3) is 0.438. The Balaban J connectivity index is 1.73. The highest BCUT2D eigenvalue weighted by molar-refractivity contribution is 5.83. The first-order valence-corrected chi connectivity index (χ1v) is 7.29. The van der Waals surface area contributed by atoms with Gasteiger partial charge in [0.15, 0.2) is 0 Å². The number of alkyl carbamates (subject to hydrolysis) is 1. The van der Waals surface area contributed by atoms with Crippen LogP contribution in [0.25, 0.3) is 10.9 Å². The zero-order chi connectivity index (χ0) is 14.8. The van der Waals surface area contributed by atoms with Gasteiger partial charge in [-0.15, -0.1) is 0 Å². The second-order valence-corrected chi connectivity index (χ2v) is 5.89. The van der Waals surface area contributed by atoms with Gasteiger partial charge >= 0.3 is 6.09 Å². The molecule has 1 fully saturated rings. The maximum atomic E-state index is 11.0. The quantitative estimate of drug-likeness (QED) is 0.883. The molecule has 0 unspecified atom stereocenters. The summed E-state index contributed by atoms with van der Waals surface area (Å²) in [6, 6.07) is 6.56. The Hall–Kier alpha value is -2.01. The van der Waals surface area contributed by atoms with E-state index in [1.807, 2.05) is 0 Å². The summed E-state index contributed by atoms with van der Waals surface area (Å²) >= 11 is 0. The molecule has 0 bridgehead atoms. The van der Waals surface area contributed by atoms with Crippen molar-refractivity contribution in [3.8, 4) is 0 Å². The summed E-state index contributed by atoms with van der Waals surface area (Å²) in [6.07, 6.45) is 3.62. The van der Waals surface area contributed by atoms with Crippen molar-refractivity contribution in [3.05, 3.63) is 35.5 Å². The molecule has 1 aromatic carbocycles. The molecule has 5 nitrogen and oxygen atoms in total. The third-order valence-electron chi connectivity index (χ3n) is 3.88. The van der Waals surface area contributed by atoms with Crippen LogP contribution < -0.4 is 5.32 Å². The first-order chi connectivity index (χ1) is 10.1. The van der Waals surface area contributed by atoms with Crippen molar-refractivity contribution in [2.24, 2.45) is 0 Å². The molecule has 1 aromatic heterocycles. The van der Waals surface area contributed by atoms with E-state index in [4.69, 9.17) is 4.74 Å². The Labute approximate surface area is 124 Å². The lowest BCUT2D eigenvalue weighted by atomic mass is 10.0. The minimum atomic E-state index is -0.313. The number of likely N-dealkylation sites (N-methyl/N-ethyl adjacent to an activating group) is 1. The number of aromatic nitrogens is 1. The standard InChI is InChI=1S/C16H21N3O2/c1-19(2)6-5-12-9-17-15-8-11(3-4-14(12)15)7-13-10-21-16(20)18-13/h3-4,8-9,13,17H,5-7,10H2,1-2H3,(H,18,20)/t13-/m0/s1. The molecule has 112 valence electrons. The number of nitrogens with one attached hydrogen (secondary N) is 2. The normalized spacial score (nSPS) is 18.2. The lowest BCUT2D eigenvalue weighted by Gasteiger charge is -2.09. The van der Waals surface area contributed by atoms with Gasteiger partial charge < -0.3 is 19.9 Å². The molecule has 1 atom stereocenters. The predicted molar refractivity (Wildman–Crippen MR) is 82.5 cm³/mol. The summed E-state index contributed by atoms with van der Waals surface area (Å²) < 4.78 is 4.92. The molecule has 2 heterocycles. The molecule has 3 rings (SSSR count). The summed E-state index contributed by atoms with van der Waals surface area (Å²) in [5, 5.41) is 4.10. The summed E-state index contributed by atoms with van der Waals surface area (Å²) in [6.45, 7) is 1.50. The van der Waals surface area contributed by atoms with Crippen LogP contribution in [0.1, 0.15) is 11.1 Å². The average molecular weight is 287 g/mol. The number of nitrogens with zero attached hydrogens (tertiary/aromatic N) is 1. The van der Waals surface area contributed by atoms with Crippen LogP contribution in [0.2, 0.25) is 0 Å². The molecule has 0 aliphatic carbocycles. The smallest absolute Gasteiger partial charge is 0.407 e. The maximum Gasteiger partial charge on any atom is 0.407 e. The van der Waals surface area contributed by atoms with Gasteiger partial charge in [-0.1, -0.05) is 12.1 Å². The van der Waals surface area contributed by atoms with Crippen molar-refractivity contribution < 1.29 is 9.53 Å². The monoisotopic (exact) mass is 287 g/mol. The molecule has 2 N–H and O–H groups in total. The lowest BCUT2D eigenvalue weighted by molar-refractivity contribution is 0.177. The van der Waals surface area contributed by atoms with E-state index in [9.17, 15) is 4.79 Å². The summed E-state index contributed by atoms with van der Waals surface area (Å²) in [5.41, 5.74) is 3.72. The Morgan fingerprint density at radius 1 is 1.38 bits per heavy atom. The third-order valence-corrected chi connectivity index (χ3v) is 3.88. The summed E-state index contributed by atoms with van der Waals surface area (Å²) in [5.74, 6) is 0. The Morgan fingerprint density at radius 3 is 2.95 bits per heavy atom. The van der Waals surface area contributed by atoms with E-state index >= 15 is 0 Å². The minimum absolute atomic E-state index is 0.0816. The number of rotatable bonds is 5. The van der Waals surface area contributed by atoms with Crippen LogP contribution in [-0.2, 0) is 17.6 Å². The zero-order valence-electron chi connectivity index (χ0n) is 12.5. The van der Waals surface area contributed by atoms with Crippen molar-refractivity contribution in [1.29, 1.82) is 0 Å². The number of benzene rings is 1. The van der Waals surface area contributed by atoms with Crippen LogP contribution in [0.15, 0.2) is 24.4 Å². The SMILES string of the molecule is CN(C)CCc1c[nH]c2cc(C[C@H]3COC(=O)N3)ccc12. The summed E-state index contributed by atoms with van der Waals surface area (Å²) in [4.78, 5) is 16.6. The number of cyclic esters (lactones) is 1. The van der Waals surface area contributed by atoms with Crippen LogP contribution in [0.3, 0.4) is 0 Å². The number of amides is 1. The summed E-state index contributed by atoms with van der Waals surface area (Å²) in [7, 11) is 4.18.